The molecule has 1 amide bonds. The van der Waals surface area contributed by atoms with Crippen LogP contribution in [0.5, 0.6) is 0 Å². The summed E-state index contributed by atoms with van der Waals surface area (Å²) in [5, 5.41) is 24.3. The maximum absolute atomic E-state index is 12.1. The van der Waals surface area contributed by atoms with Crippen molar-refractivity contribution in [2.24, 2.45) is 0 Å². The number of nitrogen functional groups attached to an aromatic ring is 1. The number of nitrogens with two attached hydrogens (primary N) is 1. The van der Waals surface area contributed by atoms with Crippen molar-refractivity contribution in [3.8, 4) is 0 Å². The van der Waals surface area contributed by atoms with Crippen molar-refractivity contribution in [1.82, 2.24) is 19.9 Å². The highest BCUT2D eigenvalue weighted by Gasteiger charge is 2.44. The van der Waals surface area contributed by atoms with Gasteiger partial charge in [-0.3, -0.25) is 4.79 Å². The summed E-state index contributed by atoms with van der Waals surface area (Å²) in [4.78, 5) is 31.7. The number of fused-ring (bicyclic) bond motifs is 1. The smallest absolute Gasteiger partial charge is 0.328 e. The Morgan fingerprint density at radius 1 is 1.38 bits per heavy atom. The van der Waals surface area contributed by atoms with E-state index in [-0.39, 0.29) is 5.91 Å². The molecule has 5 atom stereocenters. The van der Waals surface area contributed by atoms with Crippen LogP contribution < -0.4 is 11.1 Å². The van der Waals surface area contributed by atoms with Gasteiger partial charge in [-0.05, 0) is 24.7 Å². The zero-order valence-electron chi connectivity index (χ0n) is 18.0. The second kappa shape index (κ2) is 10.9. The predicted octanol–water partition coefficient (Wildman–Crippen LogP) is 0.214. The Bertz CT molecular complexity index is 940. The minimum atomic E-state index is -1.15. The molecule has 0 aromatic carbocycles. The Morgan fingerprint density at radius 2 is 2.16 bits per heavy atom. The molecule has 0 spiro atoms. The minimum Gasteiger partial charge on any atom is -0.464 e. The zero-order valence-corrected chi connectivity index (χ0v) is 18.8. The molecule has 2 aromatic heterocycles. The lowest BCUT2D eigenvalue weighted by Gasteiger charge is -2.18. The Hall–Kier alpha value is -2.41. The average molecular weight is 468 g/mol. The zero-order chi connectivity index (χ0) is 23.3. The van der Waals surface area contributed by atoms with Crippen LogP contribution in [-0.2, 0) is 19.1 Å². The van der Waals surface area contributed by atoms with E-state index >= 15 is 0 Å². The van der Waals surface area contributed by atoms with Gasteiger partial charge in [-0.25, -0.2) is 14.8 Å². The van der Waals surface area contributed by atoms with Crippen LogP contribution in [0.4, 0.5) is 5.82 Å². The Labute approximate surface area is 189 Å². The number of carbonyl (C=O) groups is 2. The first-order valence-electron chi connectivity index (χ1n) is 10.4. The highest BCUT2D eigenvalue weighted by Crippen LogP contribution is 2.34. The van der Waals surface area contributed by atoms with Crippen LogP contribution in [0.15, 0.2) is 18.6 Å². The fraction of sp³-hybridized carbons (Fsp3) is 0.600. The van der Waals surface area contributed by atoms with Gasteiger partial charge in [0.05, 0.1) is 18.1 Å². The lowest BCUT2D eigenvalue weighted by molar-refractivity contribution is -0.147. The van der Waals surface area contributed by atoms with Crippen molar-refractivity contribution in [3.63, 3.8) is 0 Å². The molecule has 3 rings (SSSR count). The third kappa shape index (κ3) is 5.49. The van der Waals surface area contributed by atoms with E-state index in [0.29, 0.717) is 47.8 Å². The maximum atomic E-state index is 12.1. The molecule has 1 saturated heterocycles. The van der Waals surface area contributed by atoms with Gasteiger partial charge in [0.25, 0.3) is 0 Å². The summed E-state index contributed by atoms with van der Waals surface area (Å²) in [5.74, 6) is 0.464. The molecule has 12 heteroatoms. The first-order chi connectivity index (χ1) is 15.3. The number of nitrogens with one attached hydrogen (secondary N) is 1. The average Bonchev–Trinajstić information content (AvgIpc) is 3.31. The normalized spacial score (nSPS) is 23.9. The van der Waals surface area contributed by atoms with E-state index in [4.69, 9.17) is 15.2 Å². The number of ether oxygens (including phenoxy) is 2. The van der Waals surface area contributed by atoms with E-state index in [9.17, 15) is 19.8 Å². The van der Waals surface area contributed by atoms with Crippen molar-refractivity contribution in [2.45, 2.75) is 57.3 Å². The number of esters is 1. The fourth-order valence-electron chi connectivity index (χ4n) is 3.49. The lowest BCUT2D eigenvalue weighted by atomic mass is 10.1. The van der Waals surface area contributed by atoms with Crippen molar-refractivity contribution < 1.29 is 29.3 Å². The Morgan fingerprint density at radius 3 is 2.88 bits per heavy atom. The fourth-order valence-corrected chi connectivity index (χ4v) is 4.57. The van der Waals surface area contributed by atoms with Crippen LogP contribution in [-0.4, -0.2) is 79.1 Å². The van der Waals surface area contributed by atoms with Crippen LogP contribution in [0.3, 0.4) is 0 Å². The van der Waals surface area contributed by atoms with Crippen LogP contribution in [0.25, 0.3) is 11.0 Å². The van der Waals surface area contributed by atoms with Crippen LogP contribution in [0.2, 0.25) is 0 Å². The van der Waals surface area contributed by atoms with E-state index in [1.54, 1.807) is 16.8 Å². The van der Waals surface area contributed by atoms with Gasteiger partial charge in [-0.15, -0.1) is 0 Å². The molecular formula is C20H29N5O6S. The number of aromatic nitrogens is 3. The van der Waals surface area contributed by atoms with Crippen molar-refractivity contribution >= 4 is 40.5 Å². The van der Waals surface area contributed by atoms with Crippen LogP contribution >= 0.6 is 11.8 Å². The molecule has 0 radical (unpaired) electrons. The first kappa shape index (κ1) is 24.2. The summed E-state index contributed by atoms with van der Waals surface area (Å²) in [6.07, 6.45) is 0.403. The molecule has 0 bridgehead atoms. The summed E-state index contributed by atoms with van der Waals surface area (Å²) in [6, 6.07) is 1.00. The van der Waals surface area contributed by atoms with Gasteiger partial charge in [0.1, 0.15) is 36.0 Å². The molecule has 1 fully saturated rings. The Balaban J connectivity index is 1.55. The second-order valence-electron chi connectivity index (χ2n) is 7.55. The molecule has 1 aliphatic rings. The van der Waals surface area contributed by atoms with Crippen molar-refractivity contribution in [2.75, 3.05) is 23.8 Å². The summed E-state index contributed by atoms with van der Waals surface area (Å²) < 4.78 is 12.7. The van der Waals surface area contributed by atoms with Crippen molar-refractivity contribution in [1.29, 1.82) is 0 Å². The SMILES string of the molecule is CCCOC(=O)[C@H](CCSC[C@H]1O[C@@H](n2ccc3c(N)ncnc32)[C@H](O)[C@@H]1O)NC(C)=O. The van der Waals surface area contributed by atoms with E-state index in [2.05, 4.69) is 15.3 Å². The molecule has 3 heterocycles. The van der Waals surface area contributed by atoms with Gasteiger partial charge in [-0.1, -0.05) is 6.92 Å². The molecule has 0 aliphatic carbocycles. The number of amides is 1. The van der Waals surface area contributed by atoms with Gasteiger partial charge in [0.15, 0.2) is 6.23 Å². The van der Waals surface area contributed by atoms with Gasteiger partial charge >= 0.3 is 5.97 Å². The van der Waals surface area contributed by atoms with Crippen molar-refractivity contribution in [3.05, 3.63) is 18.6 Å². The molecule has 176 valence electrons. The second-order valence-corrected chi connectivity index (χ2v) is 8.70. The van der Waals surface area contributed by atoms with Gasteiger partial charge in [0.2, 0.25) is 5.91 Å². The number of rotatable bonds is 10. The Kier molecular flexibility index (Phi) is 8.29. The molecule has 11 nitrogen and oxygen atoms in total. The first-order valence-corrected chi connectivity index (χ1v) is 11.6. The third-order valence-corrected chi connectivity index (χ3v) is 6.18. The number of thioether (sulfide) groups is 1. The number of anilines is 1. The van der Waals surface area contributed by atoms with E-state index in [1.807, 2.05) is 6.92 Å². The lowest BCUT2D eigenvalue weighted by Crippen LogP contribution is -2.41. The summed E-state index contributed by atoms with van der Waals surface area (Å²) in [6.45, 7) is 3.54. The molecule has 2 aromatic rings. The largest absolute Gasteiger partial charge is 0.464 e. The number of hydrogen-bond acceptors (Lipinski definition) is 10. The standard InChI is InChI=1S/C20H29N5O6S/c1-3-7-30-20(29)13(24-11(2)26)5-8-32-9-14-15(27)16(28)19(31-14)25-6-4-12-17(21)22-10-23-18(12)25/h4,6,10,13-16,19,27-28H,3,5,7-9H2,1-2H3,(H,24,26)(H2,21,22,23)/t13-,14+,15+,16+,19+/m0/s1. The molecule has 0 saturated carbocycles. The number of aliphatic hydroxyl groups is 2. The van der Waals surface area contributed by atoms with Gasteiger partial charge in [-0.2, -0.15) is 11.8 Å². The van der Waals surface area contributed by atoms with Crippen LogP contribution in [0, 0.1) is 0 Å². The molecule has 1 aliphatic heterocycles. The monoisotopic (exact) mass is 467 g/mol. The highest BCUT2D eigenvalue weighted by molar-refractivity contribution is 7.99. The van der Waals surface area contributed by atoms with E-state index < -0.39 is 36.6 Å². The number of aliphatic hydroxyl groups excluding tert-OH is 2. The predicted molar refractivity (Wildman–Crippen MR) is 119 cm³/mol. The molecule has 0 unspecified atom stereocenters. The summed E-state index contributed by atoms with van der Waals surface area (Å²) >= 11 is 1.45. The van der Waals surface area contributed by atoms with Gasteiger partial charge < -0.3 is 35.3 Å². The molecular weight excluding hydrogens is 438 g/mol. The number of nitrogens with zero attached hydrogens (tertiary/aromatic N) is 3. The highest BCUT2D eigenvalue weighted by atomic mass is 32.2. The van der Waals surface area contributed by atoms with Gasteiger partial charge in [0, 0.05) is 18.9 Å². The third-order valence-electron chi connectivity index (χ3n) is 5.09. The van der Waals surface area contributed by atoms with E-state index in [1.165, 1.54) is 25.0 Å². The number of hydrogen-bond donors (Lipinski definition) is 4. The van der Waals surface area contributed by atoms with Crippen LogP contribution in [0.1, 0.15) is 32.9 Å². The number of carbonyl (C=O) groups excluding carboxylic acids is 2. The summed E-state index contributed by atoms with van der Waals surface area (Å²) in [7, 11) is 0. The quantitative estimate of drug-likeness (QED) is 0.281. The maximum Gasteiger partial charge on any atom is 0.328 e. The minimum absolute atomic E-state index is 0.300. The van der Waals surface area contributed by atoms with E-state index in [0.717, 1.165) is 0 Å². The molecule has 32 heavy (non-hydrogen) atoms. The summed E-state index contributed by atoms with van der Waals surface area (Å²) in [5.41, 5.74) is 6.37. The topological polar surface area (TPSA) is 162 Å². The molecule has 5 N–H and O–H groups in total.